The number of aryl methyl sites for hydroxylation is 2. The van der Waals surface area contributed by atoms with Crippen LogP contribution in [0.2, 0.25) is 0 Å². The highest BCUT2D eigenvalue weighted by molar-refractivity contribution is 5.83. The molecule has 1 aromatic heterocycles. The third-order valence-electron chi connectivity index (χ3n) is 5.06. The summed E-state index contributed by atoms with van der Waals surface area (Å²) in [5.41, 5.74) is 3.85. The molecular weight excluding hydrogens is 288 g/mol. The summed E-state index contributed by atoms with van der Waals surface area (Å²) in [5, 5.41) is 4.00. The fourth-order valence-corrected chi connectivity index (χ4v) is 3.05. The molecule has 1 unspecified atom stereocenters. The van der Waals surface area contributed by atoms with E-state index in [0.29, 0.717) is 18.9 Å². The monoisotopic (exact) mass is 312 g/mol. The van der Waals surface area contributed by atoms with Gasteiger partial charge in [-0.2, -0.15) is 0 Å². The molecule has 0 spiro atoms. The third-order valence-corrected chi connectivity index (χ3v) is 5.06. The topological polar surface area (TPSA) is 62.0 Å². The van der Waals surface area contributed by atoms with Crippen molar-refractivity contribution in [3.63, 3.8) is 0 Å². The Labute approximate surface area is 136 Å². The van der Waals surface area contributed by atoms with Gasteiger partial charge < -0.3 is 10.3 Å². The number of carbonyl (C=O) groups excluding carboxylic acids is 1. The van der Waals surface area contributed by atoms with Crippen molar-refractivity contribution >= 4 is 16.8 Å². The molecule has 0 bridgehead atoms. The molecule has 3 rings (SSSR count). The van der Waals surface area contributed by atoms with E-state index in [9.17, 15) is 9.59 Å². The van der Waals surface area contributed by atoms with Gasteiger partial charge in [0.25, 0.3) is 5.56 Å². The van der Waals surface area contributed by atoms with E-state index in [1.54, 1.807) is 0 Å². The van der Waals surface area contributed by atoms with E-state index in [0.717, 1.165) is 34.9 Å². The van der Waals surface area contributed by atoms with Crippen LogP contribution in [-0.4, -0.2) is 17.4 Å². The Morgan fingerprint density at radius 1 is 1.35 bits per heavy atom. The van der Waals surface area contributed by atoms with Crippen molar-refractivity contribution in [1.82, 2.24) is 10.3 Å². The Hall–Kier alpha value is -2.10. The number of fused-ring (bicyclic) bond motifs is 1. The fourth-order valence-electron chi connectivity index (χ4n) is 3.05. The molecule has 0 aliphatic heterocycles. The highest BCUT2D eigenvalue weighted by Gasteiger charge is 2.32. The van der Waals surface area contributed by atoms with Crippen LogP contribution in [0, 0.1) is 25.7 Å². The number of benzene rings is 1. The van der Waals surface area contributed by atoms with Crippen molar-refractivity contribution in [3.8, 4) is 0 Å². The Kier molecular flexibility index (Phi) is 4.24. The molecule has 1 fully saturated rings. The molecule has 1 amide bonds. The van der Waals surface area contributed by atoms with Crippen LogP contribution in [0.1, 0.15) is 36.5 Å². The Bertz CT molecular complexity index is 803. The molecule has 23 heavy (non-hydrogen) atoms. The minimum atomic E-state index is -0.0595. The second-order valence-electron chi connectivity index (χ2n) is 6.76. The molecule has 0 saturated heterocycles. The van der Waals surface area contributed by atoms with E-state index < -0.39 is 0 Å². The van der Waals surface area contributed by atoms with Gasteiger partial charge in [0.2, 0.25) is 5.91 Å². The van der Waals surface area contributed by atoms with Gasteiger partial charge in [0.05, 0.1) is 5.52 Å². The molecule has 2 aromatic rings. The van der Waals surface area contributed by atoms with Gasteiger partial charge in [0.15, 0.2) is 0 Å². The lowest BCUT2D eigenvalue weighted by Gasteiger charge is -2.11. The predicted molar refractivity (Wildman–Crippen MR) is 92.6 cm³/mol. The van der Waals surface area contributed by atoms with Crippen molar-refractivity contribution in [2.75, 3.05) is 6.54 Å². The van der Waals surface area contributed by atoms with E-state index in [1.165, 1.54) is 5.56 Å². The summed E-state index contributed by atoms with van der Waals surface area (Å²) < 4.78 is 0. The second kappa shape index (κ2) is 6.19. The average Bonchev–Trinajstić information content (AvgIpc) is 3.36. The van der Waals surface area contributed by atoms with E-state index in [4.69, 9.17) is 0 Å². The lowest BCUT2D eigenvalue weighted by Crippen LogP contribution is -2.32. The SMILES string of the molecule is Cc1ccc2cc(CCNC(=O)C(C)C3CC3)c(=O)[nH]c2c1C. The van der Waals surface area contributed by atoms with Crippen LogP contribution in [0.3, 0.4) is 0 Å². The smallest absolute Gasteiger partial charge is 0.251 e. The summed E-state index contributed by atoms with van der Waals surface area (Å²) in [6.45, 7) is 6.56. The number of amides is 1. The maximum atomic E-state index is 12.3. The van der Waals surface area contributed by atoms with Gasteiger partial charge >= 0.3 is 0 Å². The molecule has 0 radical (unpaired) electrons. The number of carbonyl (C=O) groups is 1. The first-order valence-corrected chi connectivity index (χ1v) is 8.37. The number of aromatic nitrogens is 1. The van der Waals surface area contributed by atoms with Gasteiger partial charge in [-0.15, -0.1) is 0 Å². The van der Waals surface area contributed by atoms with Crippen LogP contribution in [0.15, 0.2) is 23.0 Å². The van der Waals surface area contributed by atoms with Gasteiger partial charge in [0.1, 0.15) is 0 Å². The molecule has 1 aromatic carbocycles. The van der Waals surface area contributed by atoms with Crippen molar-refractivity contribution in [1.29, 1.82) is 0 Å². The molecule has 4 heteroatoms. The summed E-state index contributed by atoms with van der Waals surface area (Å²) in [5.74, 6) is 0.761. The van der Waals surface area contributed by atoms with Crippen molar-refractivity contribution < 1.29 is 4.79 Å². The summed E-state index contributed by atoms with van der Waals surface area (Å²) in [4.78, 5) is 27.2. The summed E-state index contributed by atoms with van der Waals surface area (Å²) >= 11 is 0. The first kappa shape index (κ1) is 15.8. The van der Waals surface area contributed by atoms with Crippen LogP contribution >= 0.6 is 0 Å². The van der Waals surface area contributed by atoms with E-state index >= 15 is 0 Å². The minimum absolute atomic E-state index is 0.0595. The first-order valence-electron chi connectivity index (χ1n) is 8.37. The molecule has 2 N–H and O–H groups in total. The second-order valence-corrected chi connectivity index (χ2v) is 6.76. The maximum absolute atomic E-state index is 12.3. The van der Waals surface area contributed by atoms with Crippen LogP contribution < -0.4 is 10.9 Å². The number of pyridine rings is 1. The van der Waals surface area contributed by atoms with Crippen LogP contribution in [0.4, 0.5) is 0 Å². The molecule has 1 atom stereocenters. The number of rotatable bonds is 5. The summed E-state index contributed by atoms with van der Waals surface area (Å²) in [7, 11) is 0. The number of nitrogens with one attached hydrogen (secondary N) is 2. The number of hydrogen-bond donors (Lipinski definition) is 2. The normalized spacial score (nSPS) is 15.6. The van der Waals surface area contributed by atoms with Gasteiger partial charge in [-0.05, 0) is 61.6 Å². The average molecular weight is 312 g/mol. The Balaban J connectivity index is 1.70. The van der Waals surface area contributed by atoms with Gasteiger partial charge in [-0.3, -0.25) is 9.59 Å². The predicted octanol–water partition coefficient (Wildman–Crippen LogP) is 2.85. The zero-order valence-corrected chi connectivity index (χ0v) is 14.0. The van der Waals surface area contributed by atoms with Crippen molar-refractivity contribution in [3.05, 3.63) is 45.2 Å². The van der Waals surface area contributed by atoms with Crippen LogP contribution in [0.25, 0.3) is 10.9 Å². The molecule has 1 aliphatic rings. The molecular formula is C19H24N2O2. The molecule has 1 aliphatic carbocycles. The van der Waals surface area contributed by atoms with E-state index in [2.05, 4.69) is 16.4 Å². The van der Waals surface area contributed by atoms with Crippen molar-refractivity contribution in [2.24, 2.45) is 11.8 Å². The van der Waals surface area contributed by atoms with Crippen LogP contribution in [-0.2, 0) is 11.2 Å². The van der Waals surface area contributed by atoms with Gasteiger partial charge in [-0.1, -0.05) is 19.1 Å². The largest absolute Gasteiger partial charge is 0.356 e. The summed E-state index contributed by atoms with van der Waals surface area (Å²) in [6.07, 6.45) is 2.89. The first-order chi connectivity index (χ1) is 11.0. The van der Waals surface area contributed by atoms with Crippen molar-refractivity contribution in [2.45, 2.75) is 40.0 Å². The van der Waals surface area contributed by atoms with E-state index in [1.807, 2.05) is 32.9 Å². The molecule has 1 saturated carbocycles. The standard InChI is InChI=1S/C19H24N2O2/c1-11-4-5-15-10-16(19(23)21-17(15)12(11)2)8-9-20-18(22)13(3)14-6-7-14/h4-5,10,13-14H,6-9H2,1-3H3,(H,20,22)(H,21,23). The Morgan fingerprint density at radius 3 is 2.78 bits per heavy atom. The zero-order valence-electron chi connectivity index (χ0n) is 14.0. The molecule has 4 nitrogen and oxygen atoms in total. The maximum Gasteiger partial charge on any atom is 0.251 e. The Morgan fingerprint density at radius 2 is 2.09 bits per heavy atom. The third kappa shape index (κ3) is 3.31. The zero-order chi connectivity index (χ0) is 16.6. The number of H-pyrrole nitrogens is 1. The van der Waals surface area contributed by atoms with Gasteiger partial charge in [-0.25, -0.2) is 0 Å². The van der Waals surface area contributed by atoms with Crippen LogP contribution in [0.5, 0.6) is 0 Å². The van der Waals surface area contributed by atoms with E-state index in [-0.39, 0.29) is 17.4 Å². The molecule has 1 heterocycles. The fraction of sp³-hybridized carbons (Fsp3) is 0.474. The molecule has 122 valence electrons. The lowest BCUT2D eigenvalue weighted by atomic mass is 10.0. The minimum Gasteiger partial charge on any atom is -0.356 e. The summed E-state index contributed by atoms with van der Waals surface area (Å²) in [6, 6.07) is 6.04. The number of hydrogen-bond acceptors (Lipinski definition) is 2. The highest BCUT2D eigenvalue weighted by atomic mass is 16.2. The van der Waals surface area contributed by atoms with Gasteiger partial charge in [0, 0.05) is 18.0 Å². The highest BCUT2D eigenvalue weighted by Crippen LogP contribution is 2.36. The quantitative estimate of drug-likeness (QED) is 0.892. The number of aromatic amines is 1. The lowest BCUT2D eigenvalue weighted by molar-refractivity contribution is -0.125.